The summed E-state index contributed by atoms with van der Waals surface area (Å²) in [7, 11) is -0.0278. The monoisotopic (exact) mass is 452 g/mol. The van der Waals surface area contributed by atoms with Crippen molar-refractivity contribution in [1.82, 2.24) is 15.3 Å². The number of hydrogen-bond acceptors (Lipinski definition) is 9. The average molecular weight is 452 g/mol. The van der Waals surface area contributed by atoms with Crippen LogP contribution in [0.2, 0.25) is 0 Å². The van der Waals surface area contributed by atoms with Crippen molar-refractivity contribution in [2.45, 2.75) is 6.92 Å². The van der Waals surface area contributed by atoms with Gasteiger partial charge in [0.1, 0.15) is 22.5 Å². The Kier molecular flexibility index (Phi) is 8.19. The van der Waals surface area contributed by atoms with E-state index < -0.39 is 22.5 Å². The fraction of sp³-hybridized carbons (Fsp3) is 0.294. The van der Waals surface area contributed by atoms with Gasteiger partial charge in [0.05, 0.1) is 31.7 Å². The molecule has 31 heavy (non-hydrogen) atoms. The Morgan fingerprint density at radius 3 is 2.74 bits per heavy atom. The maximum absolute atomic E-state index is 12.3. The van der Waals surface area contributed by atoms with Crippen LogP contribution in [0.3, 0.4) is 0 Å². The van der Waals surface area contributed by atoms with Crippen LogP contribution in [0.25, 0.3) is 0 Å². The van der Waals surface area contributed by atoms with Crippen molar-refractivity contribution in [3.05, 3.63) is 34.2 Å². The SMILES string of the molecule is CCOc1ccc(OC)c(NS(=O)CCN=C(N)NC(=O)c2[nH]c(=O)c(N)nc2N)c1. The van der Waals surface area contributed by atoms with Gasteiger partial charge in [-0.05, 0) is 19.1 Å². The Labute approximate surface area is 180 Å². The first-order valence-corrected chi connectivity index (χ1v) is 10.3. The van der Waals surface area contributed by atoms with E-state index in [2.05, 4.69) is 25.0 Å². The third kappa shape index (κ3) is 6.60. The highest BCUT2D eigenvalue weighted by molar-refractivity contribution is 7.86. The van der Waals surface area contributed by atoms with Crippen LogP contribution in [-0.4, -0.2) is 52.1 Å². The molecule has 9 N–H and O–H groups in total. The highest BCUT2D eigenvalue weighted by atomic mass is 32.2. The third-order valence-electron chi connectivity index (χ3n) is 3.70. The van der Waals surface area contributed by atoms with E-state index in [1.165, 1.54) is 7.11 Å². The van der Waals surface area contributed by atoms with Crippen LogP contribution < -0.4 is 42.3 Å². The second-order valence-electron chi connectivity index (χ2n) is 5.88. The molecule has 0 radical (unpaired) electrons. The van der Waals surface area contributed by atoms with Gasteiger partial charge in [0.2, 0.25) is 0 Å². The van der Waals surface area contributed by atoms with Gasteiger partial charge in [0.15, 0.2) is 23.3 Å². The number of carbonyl (C=O) groups excluding carboxylic acids is 1. The summed E-state index contributed by atoms with van der Waals surface area (Å²) < 4.78 is 25.8. The molecule has 1 heterocycles. The Balaban J connectivity index is 1.94. The van der Waals surface area contributed by atoms with E-state index in [-0.39, 0.29) is 35.6 Å². The number of methoxy groups -OCH3 is 1. The van der Waals surface area contributed by atoms with Gasteiger partial charge in [0.25, 0.3) is 11.5 Å². The minimum Gasteiger partial charge on any atom is -0.495 e. The van der Waals surface area contributed by atoms with Crippen molar-refractivity contribution in [2.75, 3.05) is 42.2 Å². The smallest absolute Gasteiger partial charge is 0.291 e. The fourth-order valence-corrected chi connectivity index (χ4v) is 3.08. The Morgan fingerprint density at radius 2 is 2.06 bits per heavy atom. The molecule has 168 valence electrons. The number of hydrogen-bond donors (Lipinski definition) is 6. The quantitative estimate of drug-likeness (QED) is 0.206. The molecule has 2 rings (SSSR count). The second kappa shape index (κ2) is 10.8. The normalized spacial score (nSPS) is 12.1. The number of ether oxygens (including phenoxy) is 2. The lowest BCUT2D eigenvalue weighted by molar-refractivity contribution is 0.0972. The van der Waals surface area contributed by atoms with Crippen LogP contribution in [0.5, 0.6) is 11.5 Å². The largest absolute Gasteiger partial charge is 0.495 e. The molecule has 1 aromatic carbocycles. The Bertz CT molecular complexity index is 1060. The van der Waals surface area contributed by atoms with Crippen molar-refractivity contribution in [2.24, 2.45) is 10.7 Å². The first kappa shape index (κ1) is 23.5. The van der Waals surface area contributed by atoms with Gasteiger partial charge in [-0.1, -0.05) is 0 Å². The van der Waals surface area contributed by atoms with Crippen LogP contribution >= 0.6 is 0 Å². The molecule has 0 saturated heterocycles. The fourth-order valence-electron chi connectivity index (χ4n) is 2.32. The van der Waals surface area contributed by atoms with Gasteiger partial charge < -0.3 is 36.4 Å². The van der Waals surface area contributed by atoms with E-state index >= 15 is 0 Å². The maximum Gasteiger partial charge on any atom is 0.291 e. The predicted molar refractivity (Wildman–Crippen MR) is 118 cm³/mol. The molecule has 0 fully saturated rings. The van der Waals surface area contributed by atoms with Crippen LogP contribution in [0.15, 0.2) is 28.0 Å². The highest BCUT2D eigenvalue weighted by Crippen LogP contribution is 2.29. The molecular formula is C17H24N8O5S. The molecule has 0 aliphatic heterocycles. The number of guanidine groups is 1. The summed E-state index contributed by atoms with van der Waals surface area (Å²) in [5.41, 5.74) is 16.0. The number of nitrogen functional groups attached to an aromatic ring is 2. The number of aliphatic imine (C=N–C) groups is 1. The standard InChI is InChI=1S/C17H24N8O5S/c1-3-30-9-4-5-11(29-2)10(8-9)25-31(28)7-6-21-17(20)24-15(26)12-13(18)23-14(19)16(27)22-12/h4-5,8,25H,3,6-7H2,1-2H3,(H,22,27)(H4,18,19,23)(H3,20,21,24,26). The number of nitrogens with two attached hydrogens (primary N) is 3. The molecular weight excluding hydrogens is 428 g/mol. The number of aromatic amines is 1. The summed E-state index contributed by atoms with van der Waals surface area (Å²) in [6.45, 7) is 2.37. The summed E-state index contributed by atoms with van der Waals surface area (Å²) in [4.78, 5) is 33.3. The number of carbonyl (C=O) groups is 1. The van der Waals surface area contributed by atoms with Gasteiger partial charge in [-0.15, -0.1) is 0 Å². The molecule has 1 atom stereocenters. The Hall–Kier alpha value is -3.81. The van der Waals surface area contributed by atoms with Gasteiger partial charge in [-0.2, -0.15) is 0 Å². The molecule has 14 heteroatoms. The summed E-state index contributed by atoms with van der Waals surface area (Å²) in [6.07, 6.45) is 0. The number of benzene rings is 1. The van der Waals surface area contributed by atoms with Gasteiger partial charge in [-0.3, -0.25) is 19.9 Å². The van der Waals surface area contributed by atoms with Crippen molar-refractivity contribution >= 4 is 40.2 Å². The molecule has 0 bridgehead atoms. The number of nitrogens with zero attached hydrogens (tertiary/aromatic N) is 2. The molecule has 1 unspecified atom stereocenters. The minimum absolute atomic E-state index is 0.0329. The van der Waals surface area contributed by atoms with Gasteiger partial charge >= 0.3 is 0 Å². The highest BCUT2D eigenvalue weighted by Gasteiger charge is 2.15. The van der Waals surface area contributed by atoms with E-state index in [0.717, 1.165) is 0 Å². The summed E-state index contributed by atoms with van der Waals surface area (Å²) in [5, 5.41) is 2.25. The van der Waals surface area contributed by atoms with Gasteiger partial charge in [0, 0.05) is 6.07 Å². The number of aromatic nitrogens is 2. The van der Waals surface area contributed by atoms with Crippen LogP contribution in [0.4, 0.5) is 17.3 Å². The summed E-state index contributed by atoms with van der Waals surface area (Å²) >= 11 is 0. The topological polar surface area (TPSA) is 213 Å². The number of nitrogens with one attached hydrogen (secondary N) is 3. The molecule has 1 amide bonds. The van der Waals surface area contributed by atoms with Crippen LogP contribution in [0, 0.1) is 0 Å². The lowest BCUT2D eigenvalue weighted by Crippen LogP contribution is -2.39. The van der Waals surface area contributed by atoms with E-state index in [0.29, 0.717) is 23.8 Å². The number of anilines is 3. The molecule has 2 aromatic rings. The van der Waals surface area contributed by atoms with Crippen LogP contribution in [0.1, 0.15) is 17.4 Å². The summed E-state index contributed by atoms with van der Waals surface area (Å²) in [6, 6.07) is 5.10. The number of rotatable bonds is 9. The molecule has 0 saturated carbocycles. The lowest BCUT2D eigenvalue weighted by Gasteiger charge is -2.12. The minimum atomic E-state index is -1.52. The molecule has 0 spiro atoms. The predicted octanol–water partition coefficient (Wildman–Crippen LogP) is -0.838. The van der Waals surface area contributed by atoms with E-state index in [9.17, 15) is 13.8 Å². The molecule has 1 aromatic heterocycles. The van der Waals surface area contributed by atoms with Crippen molar-refractivity contribution in [3.63, 3.8) is 0 Å². The number of H-pyrrole nitrogens is 1. The van der Waals surface area contributed by atoms with Crippen molar-refractivity contribution < 1.29 is 18.5 Å². The average Bonchev–Trinajstić information content (AvgIpc) is 2.71. The third-order valence-corrected chi connectivity index (χ3v) is 4.70. The van der Waals surface area contributed by atoms with Crippen molar-refractivity contribution in [1.29, 1.82) is 0 Å². The first-order valence-electron chi connectivity index (χ1n) is 8.97. The van der Waals surface area contributed by atoms with Crippen LogP contribution in [-0.2, 0) is 11.0 Å². The number of amides is 1. The molecule has 0 aliphatic rings. The van der Waals surface area contributed by atoms with E-state index in [1.54, 1.807) is 18.2 Å². The zero-order valence-electron chi connectivity index (χ0n) is 16.9. The lowest BCUT2D eigenvalue weighted by atomic mass is 10.3. The molecule has 0 aliphatic carbocycles. The van der Waals surface area contributed by atoms with E-state index in [4.69, 9.17) is 26.7 Å². The zero-order valence-corrected chi connectivity index (χ0v) is 17.7. The first-order chi connectivity index (χ1) is 14.7. The maximum atomic E-state index is 12.3. The van der Waals surface area contributed by atoms with Gasteiger partial charge in [-0.25, -0.2) is 9.19 Å². The van der Waals surface area contributed by atoms with E-state index in [1.807, 2.05) is 6.92 Å². The molecule has 13 nitrogen and oxygen atoms in total. The zero-order chi connectivity index (χ0) is 23.0. The second-order valence-corrected chi connectivity index (χ2v) is 7.18. The summed E-state index contributed by atoms with van der Waals surface area (Å²) in [5.74, 6) is -0.529. The van der Waals surface area contributed by atoms with Crippen molar-refractivity contribution in [3.8, 4) is 11.5 Å². The Morgan fingerprint density at radius 1 is 1.32 bits per heavy atom.